The molecule has 1 unspecified atom stereocenters. The van der Waals surface area contributed by atoms with Gasteiger partial charge in [-0.25, -0.2) is 0 Å². The largest absolute Gasteiger partial charge is 0.374 e. The van der Waals surface area contributed by atoms with Crippen LogP contribution >= 0.6 is 0 Å². The van der Waals surface area contributed by atoms with Gasteiger partial charge < -0.3 is 9.64 Å². The van der Waals surface area contributed by atoms with E-state index in [0.29, 0.717) is 12.6 Å². The lowest BCUT2D eigenvalue weighted by Crippen LogP contribution is -2.49. The van der Waals surface area contributed by atoms with Crippen LogP contribution in [0.2, 0.25) is 0 Å². The molecule has 1 aliphatic carbocycles. The summed E-state index contributed by atoms with van der Waals surface area (Å²) in [6, 6.07) is 0. The molecule has 0 aromatic carbocycles. The normalized spacial score (nSPS) is 31.5. The molecule has 1 atom stereocenters. The lowest BCUT2D eigenvalue weighted by atomic mass is 9.98. The van der Waals surface area contributed by atoms with Gasteiger partial charge in [-0.1, -0.05) is 19.8 Å². The predicted octanol–water partition coefficient (Wildman–Crippen LogP) is 0.409. The predicted molar refractivity (Wildman–Crippen MR) is 72.8 cm³/mol. The standard InChI is InChI=1S/C14H25N3O2/c1-2-16-7-8-19-12(9-16)10-17-11-15-14(13(17)18)5-3-4-6-14/h12,15H,2-11H2,1H3. The van der Waals surface area contributed by atoms with Crippen LogP contribution in [0.5, 0.6) is 0 Å². The third-order valence-corrected chi connectivity index (χ3v) is 4.86. The molecule has 1 N–H and O–H groups in total. The lowest BCUT2D eigenvalue weighted by Gasteiger charge is -2.34. The van der Waals surface area contributed by atoms with Crippen LogP contribution in [0.15, 0.2) is 0 Å². The summed E-state index contributed by atoms with van der Waals surface area (Å²) in [7, 11) is 0. The van der Waals surface area contributed by atoms with Gasteiger partial charge in [0.2, 0.25) is 5.91 Å². The molecule has 2 heterocycles. The molecule has 1 saturated carbocycles. The fraction of sp³-hybridized carbons (Fsp3) is 0.929. The molecule has 1 amide bonds. The summed E-state index contributed by atoms with van der Waals surface area (Å²) >= 11 is 0. The fourth-order valence-corrected chi connectivity index (χ4v) is 3.64. The number of amides is 1. The van der Waals surface area contributed by atoms with E-state index >= 15 is 0 Å². The Morgan fingerprint density at radius 2 is 2.21 bits per heavy atom. The van der Waals surface area contributed by atoms with Crippen molar-refractivity contribution in [3.8, 4) is 0 Å². The van der Waals surface area contributed by atoms with E-state index in [0.717, 1.165) is 45.6 Å². The molecule has 2 aliphatic heterocycles. The second kappa shape index (κ2) is 5.38. The monoisotopic (exact) mass is 267 g/mol. The van der Waals surface area contributed by atoms with Gasteiger partial charge in [0, 0.05) is 19.6 Å². The second-order valence-electron chi connectivity index (χ2n) is 6.04. The van der Waals surface area contributed by atoms with Crippen molar-refractivity contribution in [2.75, 3.05) is 39.5 Å². The average molecular weight is 267 g/mol. The van der Waals surface area contributed by atoms with Crippen LogP contribution < -0.4 is 5.32 Å². The van der Waals surface area contributed by atoms with Crippen molar-refractivity contribution in [2.45, 2.75) is 44.2 Å². The van der Waals surface area contributed by atoms with E-state index in [4.69, 9.17) is 4.74 Å². The fourth-order valence-electron chi connectivity index (χ4n) is 3.64. The number of morpholine rings is 1. The number of carbonyl (C=O) groups excluding carboxylic acids is 1. The van der Waals surface area contributed by atoms with Gasteiger partial charge in [-0.15, -0.1) is 0 Å². The maximum absolute atomic E-state index is 12.5. The van der Waals surface area contributed by atoms with Crippen molar-refractivity contribution in [3.63, 3.8) is 0 Å². The smallest absolute Gasteiger partial charge is 0.244 e. The molecule has 108 valence electrons. The third kappa shape index (κ3) is 2.51. The molecule has 1 spiro atoms. The van der Waals surface area contributed by atoms with E-state index in [2.05, 4.69) is 17.1 Å². The Morgan fingerprint density at radius 3 is 2.95 bits per heavy atom. The van der Waals surface area contributed by atoms with Gasteiger partial charge in [-0.05, 0) is 19.4 Å². The number of carbonyl (C=O) groups is 1. The molecule has 19 heavy (non-hydrogen) atoms. The number of ether oxygens (including phenoxy) is 1. The van der Waals surface area contributed by atoms with Crippen molar-refractivity contribution >= 4 is 5.91 Å². The Hall–Kier alpha value is -0.650. The van der Waals surface area contributed by atoms with Crippen LogP contribution in [0.25, 0.3) is 0 Å². The van der Waals surface area contributed by atoms with Crippen molar-refractivity contribution < 1.29 is 9.53 Å². The summed E-state index contributed by atoms with van der Waals surface area (Å²) in [4.78, 5) is 16.9. The summed E-state index contributed by atoms with van der Waals surface area (Å²) in [5, 5.41) is 3.45. The minimum atomic E-state index is -0.223. The minimum absolute atomic E-state index is 0.177. The third-order valence-electron chi connectivity index (χ3n) is 4.86. The Kier molecular flexibility index (Phi) is 3.78. The summed E-state index contributed by atoms with van der Waals surface area (Å²) in [6.45, 7) is 7.44. The Bertz CT molecular complexity index is 342. The first-order valence-electron chi connectivity index (χ1n) is 7.62. The topological polar surface area (TPSA) is 44.8 Å². The number of hydrogen-bond acceptors (Lipinski definition) is 4. The number of nitrogens with one attached hydrogen (secondary N) is 1. The van der Waals surface area contributed by atoms with Gasteiger partial charge in [0.15, 0.2) is 0 Å². The highest BCUT2D eigenvalue weighted by Crippen LogP contribution is 2.34. The van der Waals surface area contributed by atoms with E-state index in [1.165, 1.54) is 12.8 Å². The highest BCUT2D eigenvalue weighted by molar-refractivity contribution is 5.88. The van der Waals surface area contributed by atoms with Crippen molar-refractivity contribution in [3.05, 3.63) is 0 Å². The molecule has 3 aliphatic rings. The molecule has 0 radical (unpaired) electrons. The number of nitrogens with zero attached hydrogens (tertiary/aromatic N) is 2. The van der Waals surface area contributed by atoms with E-state index < -0.39 is 0 Å². The van der Waals surface area contributed by atoms with Crippen LogP contribution in [0.1, 0.15) is 32.6 Å². The zero-order valence-electron chi connectivity index (χ0n) is 11.9. The number of likely N-dealkylation sites (N-methyl/N-ethyl adjacent to an activating group) is 1. The van der Waals surface area contributed by atoms with Gasteiger partial charge in [0.05, 0.1) is 24.9 Å². The molecule has 5 heteroatoms. The van der Waals surface area contributed by atoms with Gasteiger partial charge in [0.1, 0.15) is 0 Å². The zero-order valence-corrected chi connectivity index (χ0v) is 11.9. The first-order chi connectivity index (χ1) is 9.23. The second-order valence-corrected chi connectivity index (χ2v) is 6.04. The summed E-state index contributed by atoms with van der Waals surface area (Å²) < 4.78 is 5.81. The van der Waals surface area contributed by atoms with E-state index in [1.807, 2.05) is 4.90 Å². The molecule has 0 aromatic heterocycles. The molecule has 3 fully saturated rings. The van der Waals surface area contributed by atoms with Crippen LogP contribution in [0.3, 0.4) is 0 Å². The van der Waals surface area contributed by atoms with Crippen LogP contribution in [0, 0.1) is 0 Å². The minimum Gasteiger partial charge on any atom is -0.374 e. The van der Waals surface area contributed by atoms with Gasteiger partial charge in [0.25, 0.3) is 0 Å². The van der Waals surface area contributed by atoms with Crippen molar-refractivity contribution in [1.29, 1.82) is 0 Å². The highest BCUT2D eigenvalue weighted by Gasteiger charge is 2.48. The van der Waals surface area contributed by atoms with Crippen molar-refractivity contribution in [2.24, 2.45) is 0 Å². The Morgan fingerprint density at radius 1 is 1.42 bits per heavy atom. The molecular formula is C14H25N3O2. The molecule has 3 rings (SSSR count). The Balaban J connectivity index is 1.57. The first-order valence-corrected chi connectivity index (χ1v) is 7.62. The molecular weight excluding hydrogens is 242 g/mol. The molecule has 2 saturated heterocycles. The van der Waals surface area contributed by atoms with E-state index in [9.17, 15) is 4.79 Å². The summed E-state index contributed by atoms with van der Waals surface area (Å²) in [5.74, 6) is 0.308. The quantitative estimate of drug-likeness (QED) is 0.804. The zero-order chi connectivity index (χ0) is 13.3. The maximum atomic E-state index is 12.5. The summed E-state index contributed by atoms with van der Waals surface area (Å²) in [6.07, 6.45) is 4.55. The number of rotatable bonds is 3. The lowest BCUT2D eigenvalue weighted by molar-refractivity contribution is -0.135. The van der Waals surface area contributed by atoms with Gasteiger partial charge >= 0.3 is 0 Å². The average Bonchev–Trinajstić information content (AvgIpc) is 3.03. The highest BCUT2D eigenvalue weighted by atomic mass is 16.5. The van der Waals surface area contributed by atoms with Crippen LogP contribution in [-0.4, -0.2) is 66.8 Å². The molecule has 0 bridgehead atoms. The van der Waals surface area contributed by atoms with Gasteiger partial charge in [-0.2, -0.15) is 0 Å². The van der Waals surface area contributed by atoms with E-state index in [-0.39, 0.29) is 11.6 Å². The van der Waals surface area contributed by atoms with Crippen molar-refractivity contribution in [1.82, 2.24) is 15.1 Å². The molecule has 5 nitrogen and oxygen atoms in total. The summed E-state index contributed by atoms with van der Waals surface area (Å²) in [5.41, 5.74) is -0.223. The number of hydrogen-bond donors (Lipinski definition) is 1. The Labute approximate surface area is 115 Å². The first kappa shape index (κ1) is 13.3. The van der Waals surface area contributed by atoms with Gasteiger partial charge in [-0.3, -0.25) is 15.0 Å². The van der Waals surface area contributed by atoms with Crippen LogP contribution in [-0.2, 0) is 9.53 Å². The SMILES string of the molecule is CCN1CCOC(CN2CNC3(CCCC3)C2=O)C1. The van der Waals surface area contributed by atoms with Crippen LogP contribution in [0.4, 0.5) is 0 Å². The molecule has 0 aromatic rings. The maximum Gasteiger partial charge on any atom is 0.244 e. The van der Waals surface area contributed by atoms with E-state index in [1.54, 1.807) is 0 Å².